The van der Waals surface area contributed by atoms with Gasteiger partial charge in [-0.25, -0.2) is 0 Å². The standard InChI is InChI=1S/C83H70O4/c1-55(57-27-7-5-8-28-57)47-49-84-82(75-51-59-31-11-15-35-63(59)67-39-19-23-43-71(67)75,76-52-60-32-12-16-36-64(60)68-40-20-24-44-72(68)76)79-80(87-81(3,4)86-79)83(85-50-48-56(2)58-29-9-6-10-30-58,77-53-61-33-13-17-37-65(61)69-41-21-25-45-73(69)77)78-54-62-34-14-18-38-66(62)70-42-22-26-46-74(70)78/h5-46,51-56,79-80H,47-50H2,1-4H3. The maximum Gasteiger partial charge on any atom is 0.164 e. The van der Waals surface area contributed by atoms with Gasteiger partial charge in [-0.15, -0.1) is 0 Å². The Balaban J connectivity index is 1.12. The first-order valence-electron chi connectivity index (χ1n) is 31.1. The SMILES string of the molecule is CC(CCOC(c1cc2ccccc2c2ccccc12)(c1cc2ccccc2c2ccccc12)C1OC(C)(C)OC1C(OCCC(C)c1ccccc1)(c1cc2ccccc2c2ccccc12)c1cc2ccccc2c2ccccc12)c1ccccc1. The summed E-state index contributed by atoms with van der Waals surface area (Å²) < 4.78 is 33.5. The molecule has 0 aliphatic carbocycles. The minimum atomic E-state index is -1.44. The van der Waals surface area contributed by atoms with Crippen LogP contribution in [0.5, 0.6) is 0 Å². The normalized spacial score (nSPS) is 16.2. The monoisotopic (exact) mass is 1130 g/mol. The summed E-state index contributed by atoms with van der Waals surface area (Å²) in [5.74, 6) is -0.868. The zero-order chi connectivity index (χ0) is 58.7. The van der Waals surface area contributed by atoms with E-state index in [2.05, 4.69) is 307 Å². The summed E-state index contributed by atoms with van der Waals surface area (Å²) >= 11 is 0. The minimum Gasteiger partial charge on any atom is -0.363 e. The Morgan fingerprint density at radius 1 is 0.310 bits per heavy atom. The Labute approximate surface area is 509 Å². The van der Waals surface area contributed by atoms with Crippen LogP contribution in [0.15, 0.2) is 279 Å². The Hall–Kier alpha value is -9.00. The van der Waals surface area contributed by atoms with Crippen molar-refractivity contribution in [3.63, 3.8) is 0 Å². The highest BCUT2D eigenvalue weighted by molar-refractivity contribution is 6.14. The molecular formula is C83H70O4. The van der Waals surface area contributed by atoms with Crippen LogP contribution >= 0.6 is 0 Å². The van der Waals surface area contributed by atoms with Gasteiger partial charge in [0, 0.05) is 13.2 Å². The number of hydrogen-bond acceptors (Lipinski definition) is 4. The predicted octanol–water partition coefficient (Wildman–Crippen LogP) is 21.0. The van der Waals surface area contributed by atoms with Gasteiger partial charge in [0.1, 0.15) is 23.4 Å². The molecule has 4 heteroatoms. The molecule has 1 aliphatic rings. The molecular weight excluding hydrogens is 1060 g/mol. The van der Waals surface area contributed by atoms with Gasteiger partial charge in [-0.2, -0.15) is 0 Å². The van der Waals surface area contributed by atoms with Crippen molar-refractivity contribution in [1.82, 2.24) is 0 Å². The van der Waals surface area contributed by atoms with Gasteiger partial charge >= 0.3 is 0 Å². The Bertz CT molecular complexity index is 4330. The Morgan fingerprint density at radius 2 is 0.540 bits per heavy atom. The average Bonchev–Trinajstić information content (AvgIpc) is 1.78. The second kappa shape index (κ2) is 22.4. The van der Waals surface area contributed by atoms with Crippen molar-refractivity contribution in [3.05, 3.63) is 312 Å². The van der Waals surface area contributed by atoms with E-state index >= 15 is 0 Å². The highest BCUT2D eigenvalue weighted by Gasteiger charge is 2.64. The van der Waals surface area contributed by atoms with Gasteiger partial charge < -0.3 is 18.9 Å². The summed E-state index contributed by atoms with van der Waals surface area (Å²) in [6.45, 7) is 9.60. The molecule has 0 bridgehead atoms. The second-order valence-corrected chi connectivity index (χ2v) is 24.6. The highest BCUT2D eigenvalue weighted by Crippen LogP contribution is 2.59. The third-order valence-corrected chi connectivity index (χ3v) is 19.1. The summed E-state index contributed by atoms with van der Waals surface area (Å²) in [7, 11) is 0. The minimum absolute atomic E-state index is 0.167. The molecule has 0 amide bonds. The van der Waals surface area contributed by atoms with Crippen LogP contribution in [0, 0.1) is 0 Å². The van der Waals surface area contributed by atoms with E-state index in [9.17, 15) is 0 Å². The number of hydrogen-bond donors (Lipinski definition) is 0. The van der Waals surface area contributed by atoms with Crippen LogP contribution in [-0.2, 0) is 30.1 Å². The first-order valence-corrected chi connectivity index (χ1v) is 31.1. The molecule has 0 saturated carbocycles. The van der Waals surface area contributed by atoms with E-state index in [0.29, 0.717) is 13.2 Å². The molecule has 4 nitrogen and oxygen atoms in total. The Morgan fingerprint density at radius 3 is 0.816 bits per heavy atom. The third-order valence-electron chi connectivity index (χ3n) is 19.1. The highest BCUT2D eigenvalue weighted by atomic mass is 16.8. The lowest BCUT2D eigenvalue weighted by Gasteiger charge is -2.48. The fraction of sp³-hybridized carbons (Fsp3) is 0.181. The quantitative estimate of drug-likeness (QED) is 0.0904. The lowest BCUT2D eigenvalue weighted by Crippen LogP contribution is -2.57. The van der Waals surface area contributed by atoms with Crippen LogP contribution in [0.3, 0.4) is 0 Å². The number of benzene rings is 14. The van der Waals surface area contributed by atoms with Crippen LogP contribution in [0.25, 0.3) is 86.2 Å². The second-order valence-electron chi connectivity index (χ2n) is 24.6. The molecule has 0 aromatic heterocycles. The molecule has 1 saturated heterocycles. The summed E-state index contributed by atoms with van der Waals surface area (Å²) in [5, 5.41) is 17.9. The van der Waals surface area contributed by atoms with Crippen LogP contribution in [0.1, 0.15) is 85.8 Å². The van der Waals surface area contributed by atoms with E-state index in [1.165, 1.54) is 32.7 Å². The van der Waals surface area contributed by atoms with E-state index in [1.54, 1.807) is 0 Å². The average molecular weight is 1130 g/mol. The maximum atomic E-state index is 8.54. The van der Waals surface area contributed by atoms with Crippen molar-refractivity contribution in [2.24, 2.45) is 0 Å². The molecule has 4 atom stereocenters. The van der Waals surface area contributed by atoms with Gasteiger partial charge in [-0.3, -0.25) is 0 Å². The third kappa shape index (κ3) is 9.37. The number of rotatable bonds is 16. The molecule has 14 aromatic rings. The van der Waals surface area contributed by atoms with Gasteiger partial charge in [0.05, 0.1) is 0 Å². The van der Waals surface area contributed by atoms with Crippen molar-refractivity contribution in [1.29, 1.82) is 0 Å². The molecule has 15 rings (SSSR count). The summed E-state index contributed by atoms with van der Waals surface area (Å²) in [4.78, 5) is 0. The predicted molar refractivity (Wildman–Crippen MR) is 362 cm³/mol. The first-order chi connectivity index (χ1) is 42.7. The summed E-state index contributed by atoms with van der Waals surface area (Å²) in [5.41, 5.74) is 3.65. The molecule has 0 N–H and O–H groups in total. The van der Waals surface area contributed by atoms with Gasteiger partial charge in [0.25, 0.3) is 0 Å². The van der Waals surface area contributed by atoms with E-state index in [-0.39, 0.29) is 11.8 Å². The molecule has 87 heavy (non-hydrogen) atoms. The van der Waals surface area contributed by atoms with Crippen LogP contribution in [0.4, 0.5) is 0 Å². The van der Waals surface area contributed by atoms with Crippen molar-refractivity contribution in [2.45, 2.75) is 81.6 Å². The zero-order valence-corrected chi connectivity index (χ0v) is 49.8. The van der Waals surface area contributed by atoms with Crippen LogP contribution in [0.2, 0.25) is 0 Å². The summed E-state index contributed by atoms with van der Waals surface area (Å²) in [6, 6.07) is 102. The maximum absolute atomic E-state index is 8.54. The number of fused-ring (bicyclic) bond motifs is 12. The Kier molecular flexibility index (Phi) is 14.0. The fourth-order valence-electron chi connectivity index (χ4n) is 14.9. The van der Waals surface area contributed by atoms with Gasteiger partial charge in [0.2, 0.25) is 0 Å². The van der Waals surface area contributed by atoms with E-state index < -0.39 is 29.2 Å². The summed E-state index contributed by atoms with van der Waals surface area (Å²) in [6.07, 6.45) is -0.381. The lowest BCUT2D eigenvalue weighted by molar-refractivity contribution is -0.180. The smallest absolute Gasteiger partial charge is 0.164 e. The van der Waals surface area contributed by atoms with Gasteiger partial charge in [-0.1, -0.05) is 269 Å². The molecule has 1 aliphatic heterocycles. The van der Waals surface area contributed by atoms with Gasteiger partial charge in [0.15, 0.2) is 5.79 Å². The molecule has 1 fully saturated rings. The zero-order valence-electron chi connectivity index (χ0n) is 49.8. The van der Waals surface area contributed by atoms with Crippen LogP contribution < -0.4 is 0 Å². The first kappa shape index (κ1) is 54.6. The molecule has 1 heterocycles. The van der Waals surface area contributed by atoms with Crippen molar-refractivity contribution < 1.29 is 18.9 Å². The molecule has 0 radical (unpaired) electrons. The topological polar surface area (TPSA) is 36.9 Å². The van der Waals surface area contributed by atoms with Crippen LogP contribution in [-0.4, -0.2) is 31.2 Å². The van der Waals surface area contributed by atoms with E-state index in [0.717, 1.165) is 99.7 Å². The molecule has 14 aromatic carbocycles. The lowest BCUT2D eigenvalue weighted by atomic mass is 9.68. The molecule has 4 unspecified atom stereocenters. The van der Waals surface area contributed by atoms with E-state index in [1.807, 2.05) is 0 Å². The molecule has 426 valence electrons. The van der Waals surface area contributed by atoms with Crippen molar-refractivity contribution in [2.75, 3.05) is 13.2 Å². The van der Waals surface area contributed by atoms with Crippen molar-refractivity contribution in [3.8, 4) is 0 Å². The molecule has 0 spiro atoms. The fourth-order valence-corrected chi connectivity index (χ4v) is 14.9. The number of ether oxygens (including phenoxy) is 4. The van der Waals surface area contributed by atoms with Crippen molar-refractivity contribution >= 4 is 86.2 Å². The largest absolute Gasteiger partial charge is 0.363 e. The van der Waals surface area contributed by atoms with Gasteiger partial charge in [-0.05, 0) is 182 Å². The van der Waals surface area contributed by atoms with E-state index in [4.69, 9.17) is 18.9 Å².